The number of alkyl halides is 3. The Morgan fingerprint density at radius 2 is 1.56 bits per heavy atom. The molecule has 3 nitrogen and oxygen atoms in total. The minimum atomic E-state index is -1.85. The van der Waals surface area contributed by atoms with Crippen molar-refractivity contribution in [2.45, 2.75) is 43.4 Å². The van der Waals surface area contributed by atoms with Gasteiger partial charge < -0.3 is 13.9 Å². The van der Waals surface area contributed by atoms with E-state index in [0.29, 0.717) is 19.2 Å². The van der Waals surface area contributed by atoms with Gasteiger partial charge in [0.25, 0.3) is 5.95 Å². The van der Waals surface area contributed by atoms with Gasteiger partial charge in [-0.15, -0.1) is 0 Å². The van der Waals surface area contributed by atoms with Crippen molar-refractivity contribution in [3.63, 3.8) is 0 Å². The third-order valence-corrected chi connectivity index (χ3v) is 3.27. The molecular weight excluding hydrogens is 315 g/mol. The number of halogens is 3. The van der Waals surface area contributed by atoms with Crippen LogP contribution in [-0.2, 0) is 13.9 Å². The van der Waals surface area contributed by atoms with Gasteiger partial charge in [0, 0.05) is 6.08 Å². The molecule has 0 aromatic carbocycles. The lowest BCUT2D eigenvalue weighted by molar-refractivity contribution is 0.0414. The lowest BCUT2D eigenvalue weighted by Gasteiger charge is -2.29. The monoisotopic (exact) mass is 334 g/mol. The van der Waals surface area contributed by atoms with Gasteiger partial charge in [-0.3, -0.25) is 0 Å². The largest absolute Gasteiger partial charge is 0.466 e. The zero-order valence-corrected chi connectivity index (χ0v) is 14.7. The van der Waals surface area contributed by atoms with Crippen LogP contribution in [0.25, 0.3) is 0 Å². The Balaban J connectivity index is 5.00. The third-order valence-electron chi connectivity index (χ3n) is 1.66. The van der Waals surface area contributed by atoms with Crippen LogP contribution in [0.4, 0.5) is 0 Å². The molecule has 1 atom stereocenters. The lowest BCUT2D eigenvalue weighted by Crippen LogP contribution is -2.38. The van der Waals surface area contributed by atoms with Gasteiger partial charge in [0.05, 0.1) is 13.2 Å². The van der Waals surface area contributed by atoms with Crippen molar-refractivity contribution >= 4 is 43.1 Å². The summed E-state index contributed by atoms with van der Waals surface area (Å²) >= 11 is 17.8. The molecule has 0 saturated heterocycles. The van der Waals surface area contributed by atoms with Crippen LogP contribution in [0.15, 0.2) is 12.0 Å². The molecule has 108 valence electrons. The number of hydrogen-bond acceptors (Lipinski definition) is 3. The Kier molecular flexibility index (Phi) is 8.02. The predicted molar refractivity (Wildman–Crippen MR) is 79.8 cm³/mol. The normalized spacial score (nSPS) is 14.0. The summed E-state index contributed by atoms with van der Waals surface area (Å²) in [4.78, 5) is 0. The molecule has 0 radical (unpaired) electrons. The van der Waals surface area contributed by atoms with E-state index in [1.165, 1.54) is 0 Å². The summed E-state index contributed by atoms with van der Waals surface area (Å²) < 4.78 is 14.9. The fourth-order valence-electron chi connectivity index (χ4n) is 1.12. The van der Waals surface area contributed by atoms with Crippen molar-refractivity contribution in [1.82, 2.24) is 0 Å². The van der Waals surface area contributed by atoms with Gasteiger partial charge in [0.15, 0.2) is 8.32 Å². The topological polar surface area (TPSA) is 27.7 Å². The Labute approximate surface area is 125 Å². The summed E-state index contributed by atoms with van der Waals surface area (Å²) in [5, 5.41) is 0. The highest BCUT2D eigenvalue weighted by atomic mass is 35.6. The minimum Gasteiger partial charge on any atom is -0.466 e. The number of hydrogen-bond donors (Lipinski definition) is 0. The molecule has 0 bridgehead atoms. The molecule has 0 N–H and O–H groups in total. The Morgan fingerprint density at radius 3 is 1.83 bits per heavy atom. The molecule has 0 aromatic rings. The zero-order valence-electron chi connectivity index (χ0n) is 11.4. The minimum absolute atomic E-state index is 0.328. The van der Waals surface area contributed by atoms with Crippen LogP contribution in [0.3, 0.4) is 0 Å². The first kappa shape index (κ1) is 18.4. The molecule has 0 fully saturated rings. The van der Waals surface area contributed by atoms with Crippen molar-refractivity contribution < 1.29 is 13.9 Å². The van der Waals surface area contributed by atoms with E-state index in [9.17, 15) is 0 Å². The van der Waals surface area contributed by atoms with Crippen LogP contribution in [-0.4, -0.2) is 31.4 Å². The van der Waals surface area contributed by atoms with Crippen LogP contribution in [0.2, 0.25) is 19.6 Å². The molecule has 0 spiro atoms. The van der Waals surface area contributed by atoms with E-state index in [-0.39, 0.29) is 0 Å². The maximum absolute atomic E-state index is 5.92. The van der Waals surface area contributed by atoms with Gasteiger partial charge in [-0.25, -0.2) is 0 Å². The quantitative estimate of drug-likeness (QED) is 0.390. The average Bonchev–Trinajstić information content (AvgIpc) is 2.13. The van der Waals surface area contributed by atoms with Gasteiger partial charge in [0.1, 0.15) is 6.10 Å². The second-order valence-corrected chi connectivity index (χ2v) is 11.4. The highest BCUT2D eigenvalue weighted by Gasteiger charge is 2.36. The fourth-order valence-corrected chi connectivity index (χ4v) is 2.68. The highest BCUT2D eigenvalue weighted by molar-refractivity contribution is 6.71. The zero-order chi connectivity index (χ0) is 14.4. The van der Waals surface area contributed by atoms with Gasteiger partial charge >= 0.3 is 0 Å². The van der Waals surface area contributed by atoms with Crippen molar-refractivity contribution in [1.29, 1.82) is 0 Å². The van der Waals surface area contributed by atoms with Crippen LogP contribution >= 0.6 is 34.8 Å². The Morgan fingerprint density at radius 1 is 1.11 bits per heavy atom. The second kappa shape index (κ2) is 7.85. The van der Waals surface area contributed by atoms with Crippen LogP contribution in [0.5, 0.6) is 0 Å². The van der Waals surface area contributed by atoms with Crippen molar-refractivity contribution in [3.8, 4) is 0 Å². The van der Waals surface area contributed by atoms with E-state index in [4.69, 9.17) is 48.7 Å². The average molecular weight is 336 g/mol. The van der Waals surface area contributed by atoms with Crippen molar-refractivity contribution in [2.24, 2.45) is 0 Å². The first-order valence-electron chi connectivity index (χ1n) is 5.82. The Hall–Kier alpha value is 0.387. The molecule has 1 unspecified atom stereocenters. The molecule has 0 aliphatic heterocycles. The van der Waals surface area contributed by atoms with Crippen LogP contribution in [0.1, 0.15) is 13.8 Å². The van der Waals surface area contributed by atoms with Crippen LogP contribution in [0, 0.1) is 0 Å². The molecule has 0 aromatic heterocycles. The summed E-state index contributed by atoms with van der Waals surface area (Å²) in [6.07, 6.45) is 0.889. The van der Waals surface area contributed by atoms with E-state index in [1.54, 1.807) is 6.08 Å². The first-order chi connectivity index (χ1) is 8.10. The lowest BCUT2D eigenvalue weighted by atomic mass is 10.4. The second-order valence-electron chi connectivity index (χ2n) is 4.54. The fraction of sp³-hybridized carbons (Fsp3) is 0.818. The van der Waals surface area contributed by atoms with Gasteiger partial charge in [-0.2, -0.15) is 0 Å². The number of ether oxygens (including phenoxy) is 2. The van der Waals surface area contributed by atoms with Crippen molar-refractivity contribution in [2.75, 3.05) is 13.2 Å². The summed E-state index contributed by atoms with van der Waals surface area (Å²) in [6, 6.07) is 0. The maximum Gasteiger partial charge on any atom is 0.277 e. The van der Waals surface area contributed by atoms with E-state index >= 15 is 0 Å². The summed E-state index contributed by atoms with van der Waals surface area (Å²) in [7, 11) is -1.85. The predicted octanol–water partition coefficient (Wildman–Crippen LogP) is 4.49. The molecule has 0 aliphatic rings. The van der Waals surface area contributed by atoms with E-state index in [0.717, 1.165) is 0 Å². The third kappa shape index (κ3) is 8.48. The van der Waals surface area contributed by atoms with E-state index < -0.39 is 18.2 Å². The molecule has 7 heteroatoms. The standard InChI is InChI=1S/C11H21Cl3O3Si/c1-6-15-10(16-7-2)8-9(11(12,13)14)17-18(3,4)5/h8-9H,6-7H2,1-5H3. The first-order valence-corrected chi connectivity index (χ1v) is 10.4. The van der Waals surface area contributed by atoms with Crippen molar-refractivity contribution in [3.05, 3.63) is 12.0 Å². The van der Waals surface area contributed by atoms with Crippen LogP contribution < -0.4 is 0 Å². The SMILES string of the molecule is CCOC(=CC(O[Si](C)(C)C)C(Cl)(Cl)Cl)OCC. The van der Waals surface area contributed by atoms with Gasteiger partial charge in [-0.05, 0) is 33.5 Å². The molecular formula is C11H21Cl3O3Si. The molecule has 0 aliphatic carbocycles. The highest BCUT2D eigenvalue weighted by Crippen LogP contribution is 2.35. The molecule has 0 rings (SSSR count). The summed E-state index contributed by atoms with van der Waals surface area (Å²) in [6.45, 7) is 10.7. The molecule has 0 heterocycles. The van der Waals surface area contributed by atoms with Gasteiger partial charge in [-0.1, -0.05) is 34.8 Å². The summed E-state index contributed by atoms with van der Waals surface area (Å²) in [5.74, 6) is 0.328. The smallest absolute Gasteiger partial charge is 0.277 e. The number of rotatable bonds is 7. The Bertz CT molecular complexity index is 264. The maximum atomic E-state index is 5.92. The molecule has 0 saturated carbocycles. The summed E-state index contributed by atoms with van der Waals surface area (Å²) in [5.41, 5.74) is 0. The van der Waals surface area contributed by atoms with E-state index in [2.05, 4.69) is 0 Å². The van der Waals surface area contributed by atoms with Gasteiger partial charge in [0.2, 0.25) is 3.79 Å². The molecule has 0 amide bonds. The van der Waals surface area contributed by atoms with E-state index in [1.807, 2.05) is 33.5 Å². The molecule has 18 heavy (non-hydrogen) atoms.